The molecule has 8 heteroatoms. The summed E-state index contributed by atoms with van der Waals surface area (Å²) < 4.78 is 27.6. The molecule has 146 valence electrons. The van der Waals surface area contributed by atoms with Crippen LogP contribution in [0.5, 0.6) is 0 Å². The van der Waals surface area contributed by atoms with E-state index in [9.17, 15) is 8.42 Å². The molecule has 0 radical (unpaired) electrons. The Morgan fingerprint density at radius 2 is 2.04 bits per heavy atom. The van der Waals surface area contributed by atoms with Crippen LogP contribution in [0, 0.1) is 0 Å². The van der Waals surface area contributed by atoms with Gasteiger partial charge in [0.15, 0.2) is 5.11 Å². The van der Waals surface area contributed by atoms with Crippen LogP contribution in [0.25, 0.3) is 0 Å². The molecule has 2 aromatic rings. The number of benzene rings is 1. The quantitative estimate of drug-likeness (QED) is 0.510. The van der Waals surface area contributed by atoms with Gasteiger partial charge in [-0.1, -0.05) is 36.4 Å². The van der Waals surface area contributed by atoms with E-state index in [4.69, 9.17) is 12.2 Å². The summed E-state index contributed by atoms with van der Waals surface area (Å²) in [6, 6.07) is 9.11. The van der Waals surface area contributed by atoms with E-state index in [0.717, 1.165) is 17.8 Å². The Hall–Kier alpha value is -2.19. The highest BCUT2D eigenvalue weighted by Crippen LogP contribution is 2.19. The monoisotopic (exact) mass is 406 g/mol. The maximum atomic E-state index is 12.9. The van der Waals surface area contributed by atoms with Gasteiger partial charge >= 0.3 is 0 Å². The molecule has 0 aliphatic carbocycles. The van der Waals surface area contributed by atoms with Crippen LogP contribution in [0.15, 0.2) is 54.3 Å². The smallest absolute Gasteiger partial charge is 0.228 e. The van der Waals surface area contributed by atoms with Crippen LogP contribution < -0.4 is 5.32 Å². The molecule has 0 spiro atoms. The summed E-state index contributed by atoms with van der Waals surface area (Å²) in [5.41, 5.74) is 1.51. The van der Waals surface area contributed by atoms with Crippen molar-refractivity contribution in [2.75, 3.05) is 13.1 Å². The molecule has 1 heterocycles. The van der Waals surface area contributed by atoms with Crippen molar-refractivity contribution in [1.82, 2.24) is 19.8 Å². The summed E-state index contributed by atoms with van der Waals surface area (Å²) in [5, 5.41) is 3.83. The van der Waals surface area contributed by atoms with Gasteiger partial charge in [0, 0.05) is 19.6 Å². The molecule has 0 fully saturated rings. The SMILES string of the molecule is C=CCn1c(CN(CC)C(=S)NCC)cnc1S(=O)(=O)Cc1ccccc1. The number of imidazole rings is 1. The number of nitrogens with one attached hydrogen (secondary N) is 1. The normalized spacial score (nSPS) is 11.2. The molecule has 0 aliphatic rings. The number of nitrogens with zero attached hydrogens (tertiary/aromatic N) is 3. The lowest BCUT2D eigenvalue weighted by atomic mass is 10.2. The summed E-state index contributed by atoms with van der Waals surface area (Å²) in [7, 11) is -3.58. The molecule has 0 atom stereocenters. The summed E-state index contributed by atoms with van der Waals surface area (Å²) in [5.74, 6) is -0.0886. The van der Waals surface area contributed by atoms with E-state index in [1.807, 2.05) is 36.9 Å². The molecule has 6 nitrogen and oxygen atoms in total. The molecule has 0 bridgehead atoms. The number of hydrogen-bond acceptors (Lipinski definition) is 4. The molecule has 0 saturated carbocycles. The third-order valence-corrected chi connectivity index (χ3v) is 6.04. The van der Waals surface area contributed by atoms with Gasteiger partial charge in [-0.25, -0.2) is 13.4 Å². The Balaban J connectivity index is 2.33. The zero-order valence-corrected chi connectivity index (χ0v) is 17.4. The minimum absolute atomic E-state index is 0.0617. The summed E-state index contributed by atoms with van der Waals surface area (Å²) in [6.45, 7) is 10.0. The second-order valence-electron chi connectivity index (χ2n) is 6.03. The highest BCUT2D eigenvalue weighted by atomic mass is 32.2. The van der Waals surface area contributed by atoms with Crippen LogP contribution in [-0.4, -0.2) is 41.1 Å². The second-order valence-corrected chi connectivity index (χ2v) is 8.30. The lowest BCUT2D eigenvalue weighted by Gasteiger charge is -2.24. The van der Waals surface area contributed by atoms with Gasteiger partial charge in [-0.05, 0) is 31.6 Å². The molecule has 1 aromatic carbocycles. The number of hydrogen-bond donors (Lipinski definition) is 1. The Labute approximate surface area is 166 Å². The zero-order chi connectivity index (χ0) is 19.9. The first-order valence-corrected chi connectivity index (χ1v) is 10.9. The highest BCUT2D eigenvalue weighted by Gasteiger charge is 2.24. The summed E-state index contributed by atoms with van der Waals surface area (Å²) in [4.78, 5) is 6.21. The lowest BCUT2D eigenvalue weighted by Crippen LogP contribution is -2.39. The fourth-order valence-corrected chi connectivity index (χ4v) is 4.57. The number of aromatic nitrogens is 2. The third kappa shape index (κ3) is 5.40. The minimum atomic E-state index is -3.58. The standard InChI is InChI=1S/C19H26N4O2S2/c1-4-12-23-17(14-22(6-3)18(26)20-5-2)13-21-19(23)27(24,25)15-16-10-8-7-9-11-16/h4,7-11,13H,1,5-6,12,14-15H2,2-3H3,(H,20,26). The van der Waals surface area contributed by atoms with Crippen LogP contribution in [0.4, 0.5) is 0 Å². The molecule has 0 aliphatic heterocycles. The number of rotatable bonds is 9. The van der Waals surface area contributed by atoms with E-state index >= 15 is 0 Å². The van der Waals surface area contributed by atoms with E-state index < -0.39 is 9.84 Å². The zero-order valence-electron chi connectivity index (χ0n) is 15.8. The predicted octanol–water partition coefficient (Wildman–Crippen LogP) is 2.76. The van der Waals surface area contributed by atoms with Crippen molar-refractivity contribution < 1.29 is 8.42 Å². The predicted molar refractivity (Wildman–Crippen MR) is 112 cm³/mol. The molecule has 1 aromatic heterocycles. The Bertz CT molecular complexity index is 876. The van der Waals surface area contributed by atoms with E-state index in [-0.39, 0.29) is 10.9 Å². The average Bonchev–Trinajstić information content (AvgIpc) is 3.04. The van der Waals surface area contributed by atoms with Gasteiger partial charge in [-0.3, -0.25) is 0 Å². The van der Waals surface area contributed by atoms with Crippen molar-refractivity contribution in [1.29, 1.82) is 0 Å². The van der Waals surface area contributed by atoms with E-state index in [1.165, 1.54) is 0 Å². The van der Waals surface area contributed by atoms with Crippen molar-refractivity contribution in [3.8, 4) is 0 Å². The lowest BCUT2D eigenvalue weighted by molar-refractivity contribution is 0.411. The van der Waals surface area contributed by atoms with Gasteiger partial charge in [0.2, 0.25) is 15.0 Å². The fourth-order valence-electron chi connectivity index (χ4n) is 2.73. The van der Waals surface area contributed by atoms with E-state index in [2.05, 4.69) is 16.9 Å². The second kappa shape index (κ2) is 9.66. The van der Waals surface area contributed by atoms with Crippen LogP contribution in [0.1, 0.15) is 25.1 Å². The van der Waals surface area contributed by atoms with Gasteiger partial charge in [0.1, 0.15) is 0 Å². The molecule has 0 unspecified atom stereocenters. The first-order valence-electron chi connectivity index (χ1n) is 8.87. The van der Waals surface area contributed by atoms with Crippen molar-refractivity contribution in [2.45, 2.75) is 37.8 Å². The molecular weight excluding hydrogens is 380 g/mol. The van der Waals surface area contributed by atoms with Crippen molar-refractivity contribution in [3.63, 3.8) is 0 Å². The Morgan fingerprint density at radius 3 is 2.63 bits per heavy atom. The molecule has 27 heavy (non-hydrogen) atoms. The maximum absolute atomic E-state index is 12.9. The number of thiocarbonyl (C=S) groups is 1. The van der Waals surface area contributed by atoms with Gasteiger partial charge in [0.25, 0.3) is 0 Å². The van der Waals surface area contributed by atoms with Gasteiger partial charge in [0.05, 0.1) is 24.2 Å². The Kier molecular flexibility index (Phi) is 7.55. The van der Waals surface area contributed by atoms with E-state index in [0.29, 0.717) is 24.7 Å². The number of sulfone groups is 1. The Morgan fingerprint density at radius 1 is 1.33 bits per heavy atom. The molecule has 1 N–H and O–H groups in total. The van der Waals surface area contributed by atoms with Crippen LogP contribution in [0.3, 0.4) is 0 Å². The average molecular weight is 407 g/mol. The molecule has 0 saturated heterocycles. The third-order valence-electron chi connectivity index (χ3n) is 4.04. The van der Waals surface area contributed by atoms with Gasteiger partial charge < -0.3 is 14.8 Å². The van der Waals surface area contributed by atoms with Crippen molar-refractivity contribution in [3.05, 3.63) is 60.4 Å². The number of allylic oxidation sites excluding steroid dienone is 1. The largest absolute Gasteiger partial charge is 0.363 e. The minimum Gasteiger partial charge on any atom is -0.363 e. The summed E-state index contributed by atoms with van der Waals surface area (Å²) in [6.07, 6.45) is 3.28. The molecule has 2 rings (SSSR count). The van der Waals surface area contributed by atoms with Crippen LogP contribution in [0.2, 0.25) is 0 Å². The maximum Gasteiger partial charge on any atom is 0.228 e. The van der Waals surface area contributed by atoms with Crippen LogP contribution in [-0.2, 0) is 28.7 Å². The van der Waals surface area contributed by atoms with Gasteiger partial charge in [-0.15, -0.1) is 6.58 Å². The van der Waals surface area contributed by atoms with Crippen molar-refractivity contribution in [2.24, 2.45) is 0 Å². The fraction of sp³-hybridized carbons (Fsp3) is 0.368. The highest BCUT2D eigenvalue weighted by molar-refractivity contribution is 7.90. The van der Waals surface area contributed by atoms with Crippen LogP contribution >= 0.6 is 12.2 Å². The van der Waals surface area contributed by atoms with E-state index in [1.54, 1.807) is 29.0 Å². The first kappa shape index (κ1) is 21.1. The first-order chi connectivity index (χ1) is 12.9. The summed E-state index contributed by atoms with van der Waals surface area (Å²) >= 11 is 5.39. The van der Waals surface area contributed by atoms with Gasteiger partial charge in [-0.2, -0.15) is 0 Å². The topological polar surface area (TPSA) is 67.2 Å². The molecule has 0 amide bonds. The van der Waals surface area contributed by atoms with Crippen molar-refractivity contribution >= 4 is 27.2 Å². The molecular formula is C19H26N4O2S2.